The fourth-order valence-corrected chi connectivity index (χ4v) is 2.91. The lowest BCUT2D eigenvalue weighted by atomic mass is 9.89. The standard InChI is InChI=1S/C13H21NO5/c1-17-12(15)10-9-7-5-3-4-6-8-14(9)19-11(10)13(16)18-2/h9-11H,3-8H2,1-2H3/t9-,10+,11-/m1/s1. The Hall–Kier alpha value is -1.14. The van der Waals surface area contributed by atoms with Gasteiger partial charge in [-0.25, -0.2) is 4.79 Å². The Labute approximate surface area is 112 Å². The molecule has 0 aromatic rings. The van der Waals surface area contributed by atoms with Gasteiger partial charge < -0.3 is 9.47 Å². The molecule has 2 aliphatic heterocycles. The van der Waals surface area contributed by atoms with Crippen molar-refractivity contribution in [2.75, 3.05) is 20.8 Å². The molecule has 0 radical (unpaired) electrons. The van der Waals surface area contributed by atoms with Gasteiger partial charge in [-0.15, -0.1) is 0 Å². The van der Waals surface area contributed by atoms with Crippen LogP contribution in [0.5, 0.6) is 0 Å². The molecule has 108 valence electrons. The number of esters is 2. The highest BCUT2D eigenvalue weighted by Gasteiger charge is 2.51. The minimum atomic E-state index is -0.874. The average molecular weight is 271 g/mol. The quantitative estimate of drug-likeness (QED) is 0.695. The summed E-state index contributed by atoms with van der Waals surface area (Å²) in [6, 6.07) is -0.0863. The molecule has 2 heterocycles. The summed E-state index contributed by atoms with van der Waals surface area (Å²) in [5.74, 6) is -1.50. The Morgan fingerprint density at radius 3 is 2.42 bits per heavy atom. The van der Waals surface area contributed by atoms with E-state index in [1.165, 1.54) is 14.2 Å². The van der Waals surface area contributed by atoms with Crippen molar-refractivity contribution in [2.24, 2.45) is 5.92 Å². The molecule has 0 aliphatic carbocycles. The van der Waals surface area contributed by atoms with Gasteiger partial charge in [0.1, 0.15) is 5.92 Å². The second-order valence-electron chi connectivity index (χ2n) is 5.01. The molecule has 6 nitrogen and oxygen atoms in total. The van der Waals surface area contributed by atoms with Crippen LogP contribution in [0.1, 0.15) is 32.1 Å². The van der Waals surface area contributed by atoms with E-state index in [9.17, 15) is 9.59 Å². The van der Waals surface area contributed by atoms with Gasteiger partial charge in [-0.3, -0.25) is 9.63 Å². The number of nitrogens with zero attached hydrogens (tertiary/aromatic N) is 1. The Morgan fingerprint density at radius 1 is 1.05 bits per heavy atom. The molecule has 0 bridgehead atoms. The molecule has 0 N–H and O–H groups in total. The van der Waals surface area contributed by atoms with Gasteiger partial charge in [0, 0.05) is 6.54 Å². The molecule has 0 unspecified atom stereocenters. The molecule has 0 saturated carbocycles. The molecule has 3 atom stereocenters. The molecule has 19 heavy (non-hydrogen) atoms. The lowest BCUT2D eigenvalue weighted by Crippen LogP contribution is -2.40. The van der Waals surface area contributed by atoms with Crippen LogP contribution in [0, 0.1) is 5.92 Å². The van der Waals surface area contributed by atoms with Gasteiger partial charge in [-0.1, -0.05) is 19.3 Å². The predicted octanol–water partition coefficient (Wildman–Crippen LogP) is 0.897. The molecule has 2 saturated heterocycles. The second-order valence-corrected chi connectivity index (χ2v) is 5.01. The molecule has 6 heteroatoms. The fourth-order valence-electron chi connectivity index (χ4n) is 2.91. The van der Waals surface area contributed by atoms with Gasteiger partial charge >= 0.3 is 11.9 Å². The summed E-state index contributed by atoms with van der Waals surface area (Å²) in [6.45, 7) is 0.742. The lowest BCUT2D eigenvalue weighted by Gasteiger charge is -2.26. The SMILES string of the molecule is COC(=O)[C@H]1[C@H]2CCCCCCN2O[C@H]1C(=O)OC. The molecule has 0 amide bonds. The number of methoxy groups -OCH3 is 2. The maximum Gasteiger partial charge on any atom is 0.338 e. The summed E-state index contributed by atoms with van der Waals surface area (Å²) in [7, 11) is 2.64. The highest BCUT2D eigenvalue weighted by atomic mass is 16.7. The summed E-state index contributed by atoms with van der Waals surface area (Å²) in [5, 5.41) is 1.78. The van der Waals surface area contributed by atoms with Crippen LogP contribution < -0.4 is 0 Å². The third kappa shape index (κ3) is 2.90. The fraction of sp³-hybridized carbons (Fsp3) is 0.846. The summed E-state index contributed by atoms with van der Waals surface area (Å²) in [5.41, 5.74) is 0. The Kier molecular flexibility index (Phi) is 4.76. The molecular weight excluding hydrogens is 250 g/mol. The molecular formula is C13H21NO5. The topological polar surface area (TPSA) is 65.1 Å². The lowest BCUT2D eigenvalue weighted by molar-refractivity contribution is -0.190. The number of fused-ring (bicyclic) bond motifs is 1. The van der Waals surface area contributed by atoms with Crippen LogP contribution in [-0.4, -0.2) is 49.9 Å². The molecule has 2 aliphatic rings. The van der Waals surface area contributed by atoms with Gasteiger partial charge in [0.15, 0.2) is 6.10 Å². The monoisotopic (exact) mass is 271 g/mol. The van der Waals surface area contributed by atoms with Gasteiger partial charge in [0.05, 0.1) is 20.3 Å². The minimum Gasteiger partial charge on any atom is -0.469 e. The van der Waals surface area contributed by atoms with E-state index in [2.05, 4.69) is 0 Å². The Balaban J connectivity index is 2.20. The Bertz CT molecular complexity index is 346. The van der Waals surface area contributed by atoms with Crippen molar-refractivity contribution in [2.45, 2.75) is 44.2 Å². The molecule has 0 aromatic heterocycles. The van der Waals surface area contributed by atoms with Gasteiger partial charge in [0.2, 0.25) is 0 Å². The average Bonchev–Trinajstić information content (AvgIpc) is 2.74. The number of hydrogen-bond acceptors (Lipinski definition) is 6. The van der Waals surface area contributed by atoms with E-state index >= 15 is 0 Å². The highest BCUT2D eigenvalue weighted by molar-refractivity contribution is 5.84. The van der Waals surface area contributed by atoms with Crippen LogP contribution in [0.4, 0.5) is 0 Å². The minimum absolute atomic E-state index is 0.0863. The maximum absolute atomic E-state index is 12.0. The van der Waals surface area contributed by atoms with E-state index in [4.69, 9.17) is 14.3 Å². The van der Waals surface area contributed by atoms with Crippen molar-refractivity contribution >= 4 is 11.9 Å². The zero-order chi connectivity index (χ0) is 13.8. The third-order valence-corrected chi connectivity index (χ3v) is 3.89. The number of hydrogen-bond donors (Lipinski definition) is 0. The zero-order valence-corrected chi connectivity index (χ0v) is 11.5. The van der Waals surface area contributed by atoms with Crippen molar-refractivity contribution in [1.82, 2.24) is 5.06 Å². The number of hydroxylamine groups is 2. The summed E-state index contributed by atoms with van der Waals surface area (Å²) >= 11 is 0. The zero-order valence-electron chi connectivity index (χ0n) is 11.5. The number of rotatable bonds is 2. The third-order valence-electron chi connectivity index (χ3n) is 3.89. The van der Waals surface area contributed by atoms with Crippen LogP contribution >= 0.6 is 0 Å². The first-order valence-corrected chi connectivity index (χ1v) is 6.78. The predicted molar refractivity (Wildman–Crippen MR) is 66.0 cm³/mol. The Morgan fingerprint density at radius 2 is 1.74 bits per heavy atom. The number of ether oxygens (including phenoxy) is 2. The first kappa shape index (κ1) is 14.3. The normalized spacial score (nSPS) is 32.0. The van der Waals surface area contributed by atoms with E-state index in [-0.39, 0.29) is 6.04 Å². The highest BCUT2D eigenvalue weighted by Crippen LogP contribution is 2.34. The van der Waals surface area contributed by atoms with Crippen molar-refractivity contribution < 1.29 is 23.9 Å². The van der Waals surface area contributed by atoms with Gasteiger partial charge in [0.25, 0.3) is 0 Å². The van der Waals surface area contributed by atoms with Crippen LogP contribution in [0.2, 0.25) is 0 Å². The molecule has 2 fully saturated rings. The van der Waals surface area contributed by atoms with Gasteiger partial charge in [-0.2, -0.15) is 5.06 Å². The van der Waals surface area contributed by atoms with E-state index in [0.717, 1.165) is 38.6 Å². The van der Waals surface area contributed by atoms with Crippen molar-refractivity contribution in [3.05, 3.63) is 0 Å². The van der Waals surface area contributed by atoms with Crippen LogP contribution in [0.3, 0.4) is 0 Å². The van der Waals surface area contributed by atoms with Crippen molar-refractivity contribution in [3.8, 4) is 0 Å². The smallest absolute Gasteiger partial charge is 0.338 e. The first-order valence-electron chi connectivity index (χ1n) is 6.78. The first-order chi connectivity index (χ1) is 9.19. The number of carbonyl (C=O) groups is 2. The summed E-state index contributed by atoms with van der Waals surface area (Å²) in [4.78, 5) is 29.4. The van der Waals surface area contributed by atoms with Crippen LogP contribution in [0.25, 0.3) is 0 Å². The second kappa shape index (κ2) is 6.34. The van der Waals surface area contributed by atoms with Crippen molar-refractivity contribution in [3.63, 3.8) is 0 Å². The number of carbonyl (C=O) groups excluding carboxylic acids is 2. The van der Waals surface area contributed by atoms with E-state index in [1.54, 1.807) is 5.06 Å². The molecule has 2 rings (SSSR count). The van der Waals surface area contributed by atoms with E-state index in [0.29, 0.717) is 0 Å². The molecule has 0 aromatic carbocycles. The summed E-state index contributed by atoms with van der Waals surface area (Å²) in [6.07, 6.45) is 4.32. The van der Waals surface area contributed by atoms with Crippen LogP contribution in [-0.2, 0) is 23.9 Å². The van der Waals surface area contributed by atoms with E-state index < -0.39 is 24.0 Å². The van der Waals surface area contributed by atoms with Gasteiger partial charge in [-0.05, 0) is 12.8 Å². The maximum atomic E-state index is 12.0. The van der Waals surface area contributed by atoms with Crippen LogP contribution in [0.15, 0.2) is 0 Å². The largest absolute Gasteiger partial charge is 0.469 e. The molecule has 0 spiro atoms. The summed E-state index contributed by atoms with van der Waals surface area (Å²) < 4.78 is 9.56. The van der Waals surface area contributed by atoms with Crippen molar-refractivity contribution in [1.29, 1.82) is 0 Å². The van der Waals surface area contributed by atoms with E-state index in [1.807, 2.05) is 0 Å².